The lowest BCUT2D eigenvalue weighted by Gasteiger charge is -2.08. The topological polar surface area (TPSA) is 117 Å². The number of methoxy groups -OCH3 is 2. The van der Waals surface area contributed by atoms with Gasteiger partial charge in [-0.15, -0.1) is 0 Å². The van der Waals surface area contributed by atoms with Crippen LogP contribution in [0, 0.1) is 15.9 Å². The number of nitro benzene ring substituents is 1. The van der Waals surface area contributed by atoms with Crippen molar-refractivity contribution in [2.75, 3.05) is 20.8 Å². The van der Waals surface area contributed by atoms with Crippen LogP contribution in [0.2, 0.25) is 0 Å². The quantitative estimate of drug-likeness (QED) is 0.416. The van der Waals surface area contributed by atoms with Crippen molar-refractivity contribution in [1.82, 2.24) is 5.32 Å². The zero-order chi connectivity index (χ0) is 20.7. The molecule has 2 aromatic carbocycles. The molecule has 9 nitrogen and oxygen atoms in total. The molecule has 1 amide bonds. The number of benzene rings is 2. The summed E-state index contributed by atoms with van der Waals surface area (Å²) in [5.74, 6) is -1.97. The fraction of sp³-hybridized carbons (Fsp3) is 0.222. The fourth-order valence-corrected chi connectivity index (χ4v) is 2.24. The summed E-state index contributed by atoms with van der Waals surface area (Å²) in [6.45, 7) is -0.652. The Labute approximate surface area is 159 Å². The molecule has 0 atom stereocenters. The lowest BCUT2D eigenvalue weighted by Crippen LogP contribution is -2.30. The van der Waals surface area contributed by atoms with Gasteiger partial charge < -0.3 is 19.5 Å². The number of halogens is 1. The van der Waals surface area contributed by atoms with E-state index in [1.807, 2.05) is 0 Å². The molecule has 28 heavy (non-hydrogen) atoms. The van der Waals surface area contributed by atoms with Gasteiger partial charge in [0.25, 0.3) is 5.91 Å². The van der Waals surface area contributed by atoms with Crippen molar-refractivity contribution in [3.05, 3.63) is 63.5 Å². The van der Waals surface area contributed by atoms with E-state index in [4.69, 9.17) is 14.2 Å². The van der Waals surface area contributed by atoms with Crippen LogP contribution in [-0.4, -0.2) is 37.6 Å². The molecule has 148 valence electrons. The number of amides is 1. The number of nitro groups is 1. The van der Waals surface area contributed by atoms with E-state index in [9.17, 15) is 24.1 Å². The van der Waals surface area contributed by atoms with Crippen LogP contribution >= 0.6 is 0 Å². The molecule has 0 unspecified atom stereocenters. The second-order valence-corrected chi connectivity index (χ2v) is 5.46. The Morgan fingerprint density at radius 1 is 1.11 bits per heavy atom. The fourth-order valence-electron chi connectivity index (χ4n) is 2.24. The number of carbonyl (C=O) groups is 2. The van der Waals surface area contributed by atoms with Gasteiger partial charge in [0.2, 0.25) is 0 Å². The number of hydrogen-bond donors (Lipinski definition) is 1. The Balaban J connectivity index is 1.90. The molecule has 10 heteroatoms. The van der Waals surface area contributed by atoms with E-state index in [1.54, 1.807) is 0 Å². The van der Waals surface area contributed by atoms with E-state index >= 15 is 0 Å². The number of hydrogen-bond acceptors (Lipinski definition) is 7. The van der Waals surface area contributed by atoms with E-state index < -0.39 is 29.2 Å². The third-order valence-corrected chi connectivity index (χ3v) is 3.65. The molecule has 0 aliphatic rings. The summed E-state index contributed by atoms with van der Waals surface area (Å²) in [6, 6.07) is 7.75. The van der Waals surface area contributed by atoms with E-state index in [1.165, 1.54) is 44.6 Å². The van der Waals surface area contributed by atoms with Crippen LogP contribution in [0.3, 0.4) is 0 Å². The smallest absolute Gasteiger partial charge is 0.325 e. The summed E-state index contributed by atoms with van der Waals surface area (Å²) in [7, 11) is 2.60. The highest BCUT2D eigenvalue weighted by Gasteiger charge is 2.18. The second kappa shape index (κ2) is 9.31. The lowest BCUT2D eigenvalue weighted by molar-refractivity contribution is -0.385. The largest absolute Gasteiger partial charge is 0.494 e. The predicted octanol–water partition coefficient (Wildman–Crippen LogP) is 2.22. The van der Waals surface area contributed by atoms with Gasteiger partial charge in [0.1, 0.15) is 13.2 Å². The van der Waals surface area contributed by atoms with Crippen molar-refractivity contribution in [3.8, 4) is 11.5 Å². The van der Waals surface area contributed by atoms with Gasteiger partial charge in [-0.2, -0.15) is 0 Å². The summed E-state index contributed by atoms with van der Waals surface area (Å²) >= 11 is 0. The van der Waals surface area contributed by atoms with Crippen LogP contribution < -0.4 is 14.8 Å². The van der Waals surface area contributed by atoms with E-state index in [0.29, 0.717) is 5.56 Å². The highest BCUT2D eigenvalue weighted by Crippen LogP contribution is 2.27. The Morgan fingerprint density at radius 2 is 1.79 bits per heavy atom. The standard InChI is InChI=1S/C18H17FN2O7/c1-26-15-5-3-11(7-13(15)19)10-28-17(22)9-20-18(23)12-4-6-16(27-2)14(8-12)21(24)25/h3-8H,9-10H2,1-2H3,(H,20,23). The van der Waals surface area contributed by atoms with Crippen LogP contribution in [0.15, 0.2) is 36.4 Å². The van der Waals surface area contributed by atoms with Crippen LogP contribution in [0.25, 0.3) is 0 Å². The van der Waals surface area contributed by atoms with Crippen molar-refractivity contribution in [3.63, 3.8) is 0 Å². The average Bonchev–Trinajstić information content (AvgIpc) is 2.69. The molecule has 0 saturated carbocycles. The Morgan fingerprint density at radius 3 is 2.39 bits per heavy atom. The SMILES string of the molecule is COc1ccc(COC(=O)CNC(=O)c2ccc(OC)c([N+](=O)[O-])c2)cc1F. The molecule has 0 heterocycles. The van der Waals surface area contributed by atoms with Gasteiger partial charge in [0.15, 0.2) is 17.3 Å². The minimum atomic E-state index is -0.757. The maximum atomic E-state index is 13.6. The minimum absolute atomic E-state index is 0.00711. The first-order valence-corrected chi connectivity index (χ1v) is 7.94. The summed E-state index contributed by atoms with van der Waals surface area (Å²) in [4.78, 5) is 34.1. The van der Waals surface area contributed by atoms with Crippen molar-refractivity contribution >= 4 is 17.6 Å². The Bertz CT molecular complexity index is 901. The Kier molecular flexibility index (Phi) is 6.85. The van der Waals surface area contributed by atoms with Gasteiger partial charge in [-0.25, -0.2) is 4.39 Å². The van der Waals surface area contributed by atoms with Gasteiger partial charge in [-0.3, -0.25) is 19.7 Å². The third-order valence-electron chi connectivity index (χ3n) is 3.65. The molecule has 0 aliphatic carbocycles. The second-order valence-electron chi connectivity index (χ2n) is 5.46. The zero-order valence-electron chi connectivity index (χ0n) is 15.1. The first-order valence-electron chi connectivity index (χ1n) is 7.94. The maximum absolute atomic E-state index is 13.6. The Hall–Kier alpha value is -3.69. The first-order chi connectivity index (χ1) is 13.3. The molecule has 0 aliphatic heterocycles. The number of ether oxygens (including phenoxy) is 3. The van der Waals surface area contributed by atoms with Crippen molar-refractivity contribution in [2.24, 2.45) is 0 Å². The summed E-state index contributed by atoms with van der Waals surface area (Å²) in [5, 5.41) is 13.3. The molecule has 0 aromatic heterocycles. The molecular formula is C18H17FN2O7. The van der Waals surface area contributed by atoms with Gasteiger partial charge in [-0.1, -0.05) is 6.07 Å². The normalized spacial score (nSPS) is 10.1. The van der Waals surface area contributed by atoms with Crippen LogP contribution in [-0.2, 0) is 16.1 Å². The number of rotatable bonds is 8. The monoisotopic (exact) mass is 392 g/mol. The van der Waals surface area contributed by atoms with E-state index in [2.05, 4.69) is 5.32 Å². The van der Waals surface area contributed by atoms with E-state index in [0.717, 1.165) is 6.07 Å². The maximum Gasteiger partial charge on any atom is 0.325 e. The van der Waals surface area contributed by atoms with Crippen molar-refractivity contribution in [1.29, 1.82) is 0 Å². The van der Waals surface area contributed by atoms with Gasteiger partial charge in [0, 0.05) is 11.6 Å². The number of esters is 1. The lowest BCUT2D eigenvalue weighted by atomic mass is 10.1. The molecule has 0 radical (unpaired) electrons. The molecule has 0 bridgehead atoms. The molecule has 1 N–H and O–H groups in total. The zero-order valence-corrected chi connectivity index (χ0v) is 15.1. The number of nitrogens with one attached hydrogen (secondary N) is 1. The molecular weight excluding hydrogens is 375 g/mol. The predicted molar refractivity (Wildman–Crippen MR) is 94.7 cm³/mol. The van der Waals surface area contributed by atoms with Crippen LogP contribution in [0.4, 0.5) is 10.1 Å². The first kappa shape index (κ1) is 20.6. The molecule has 2 aromatic rings. The van der Waals surface area contributed by atoms with E-state index in [-0.39, 0.29) is 29.4 Å². The summed E-state index contributed by atoms with van der Waals surface area (Å²) < 4.78 is 28.2. The average molecular weight is 392 g/mol. The molecule has 0 fully saturated rings. The molecule has 0 spiro atoms. The highest BCUT2D eigenvalue weighted by molar-refractivity contribution is 5.96. The number of carbonyl (C=O) groups excluding carboxylic acids is 2. The van der Waals surface area contributed by atoms with Crippen molar-refractivity contribution < 1.29 is 33.1 Å². The van der Waals surface area contributed by atoms with Crippen LogP contribution in [0.1, 0.15) is 15.9 Å². The number of nitrogens with zero attached hydrogens (tertiary/aromatic N) is 1. The minimum Gasteiger partial charge on any atom is -0.494 e. The summed E-state index contributed by atoms with van der Waals surface area (Å²) in [5.41, 5.74) is 0.0144. The third kappa shape index (κ3) is 5.16. The van der Waals surface area contributed by atoms with Crippen molar-refractivity contribution in [2.45, 2.75) is 6.61 Å². The summed E-state index contributed by atoms with van der Waals surface area (Å²) in [6.07, 6.45) is 0. The highest BCUT2D eigenvalue weighted by atomic mass is 19.1. The molecule has 0 saturated heterocycles. The molecule has 2 rings (SSSR count). The van der Waals surface area contributed by atoms with Gasteiger partial charge in [0.05, 0.1) is 19.1 Å². The van der Waals surface area contributed by atoms with Crippen LogP contribution in [0.5, 0.6) is 11.5 Å². The van der Waals surface area contributed by atoms with Gasteiger partial charge >= 0.3 is 11.7 Å². The van der Waals surface area contributed by atoms with Gasteiger partial charge in [-0.05, 0) is 29.8 Å².